The van der Waals surface area contributed by atoms with Gasteiger partial charge in [-0.3, -0.25) is 9.59 Å². The maximum Gasteiger partial charge on any atom is 0.260 e. The van der Waals surface area contributed by atoms with Gasteiger partial charge in [0.1, 0.15) is 17.4 Å². The van der Waals surface area contributed by atoms with E-state index in [0.29, 0.717) is 36.9 Å². The van der Waals surface area contributed by atoms with Crippen molar-refractivity contribution in [1.29, 1.82) is 0 Å². The van der Waals surface area contributed by atoms with E-state index >= 15 is 0 Å². The molecule has 2 amide bonds. The minimum atomic E-state index is -0.352. The number of rotatable bonds is 5. The number of halogens is 1. The second kappa shape index (κ2) is 9.50. The molecule has 2 aliphatic rings. The van der Waals surface area contributed by atoms with Crippen LogP contribution in [0.15, 0.2) is 24.3 Å². The maximum absolute atomic E-state index is 13.0. The van der Waals surface area contributed by atoms with Gasteiger partial charge >= 0.3 is 0 Å². The lowest BCUT2D eigenvalue weighted by Crippen LogP contribution is -2.41. The molecule has 0 spiro atoms. The number of aromatic nitrogens is 2. The van der Waals surface area contributed by atoms with Crippen molar-refractivity contribution in [2.75, 3.05) is 32.1 Å². The maximum atomic E-state index is 13.0. The molecule has 32 heavy (non-hydrogen) atoms. The smallest absolute Gasteiger partial charge is 0.260 e. The predicted octanol–water partition coefficient (Wildman–Crippen LogP) is 2.69. The number of fused-ring (bicyclic) bond motifs is 1. The molecule has 0 bridgehead atoms. The van der Waals surface area contributed by atoms with Crippen molar-refractivity contribution in [2.24, 2.45) is 0 Å². The first-order valence-corrected chi connectivity index (χ1v) is 11.0. The minimum Gasteiger partial charge on any atom is -0.484 e. The van der Waals surface area contributed by atoms with Crippen LogP contribution in [0, 0.1) is 5.82 Å². The number of likely N-dealkylation sites (tertiary alicyclic amines) is 1. The van der Waals surface area contributed by atoms with Crippen molar-refractivity contribution in [2.45, 2.75) is 45.2 Å². The van der Waals surface area contributed by atoms with E-state index in [-0.39, 0.29) is 30.3 Å². The Kier molecular flexibility index (Phi) is 6.53. The van der Waals surface area contributed by atoms with Gasteiger partial charge in [-0.05, 0) is 43.5 Å². The molecule has 1 atom stereocenters. The fourth-order valence-electron chi connectivity index (χ4n) is 4.35. The fourth-order valence-corrected chi connectivity index (χ4v) is 4.35. The van der Waals surface area contributed by atoms with Gasteiger partial charge in [0.05, 0.1) is 18.3 Å². The van der Waals surface area contributed by atoms with Crippen LogP contribution in [0.2, 0.25) is 0 Å². The molecule has 1 aromatic carbocycles. The molecule has 0 unspecified atom stereocenters. The van der Waals surface area contributed by atoms with Crippen LogP contribution >= 0.6 is 0 Å². The third-order valence-corrected chi connectivity index (χ3v) is 6.05. The summed E-state index contributed by atoms with van der Waals surface area (Å²) in [6, 6.07) is 5.48. The van der Waals surface area contributed by atoms with Gasteiger partial charge in [-0.25, -0.2) is 14.4 Å². The molecule has 3 heterocycles. The van der Waals surface area contributed by atoms with Gasteiger partial charge in [0.2, 0.25) is 5.91 Å². The van der Waals surface area contributed by atoms with Crippen LogP contribution < -0.4 is 10.1 Å². The van der Waals surface area contributed by atoms with E-state index in [1.807, 2.05) is 4.90 Å². The summed E-state index contributed by atoms with van der Waals surface area (Å²) in [7, 11) is 1.80. The quantitative estimate of drug-likeness (QED) is 0.768. The Labute approximate surface area is 186 Å². The van der Waals surface area contributed by atoms with Crippen LogP contribution in [0.3, 0.4) is 0 Å². The molecule has 0 radical (unpaired) electrons. The first-order valence-electron chi connectivity index (χ1n) is 11.0. The Morgan fingerprint density at radius 3 is 2.69 bits per heavy atom. The molecule has 0 aliphatic carbocycles. The average Bonchev–Trinajstić information content (AvgIpc) is 2.82. The topological polar surface area (TPSA) is 87.7 Å². The van der Waals surface area contributed by atoms with E-state index in [2.05, 4.69) is 5.32 Å². The standard InChI is InChI=1S/C23H28FN5O3/c1-15(30)29-11-4-3-5-20(29)23-26-19-10-12-28(13-18(19)22(25-2)27-23)21(31)14-32-17-8-6-16(24)7-9-17/h6-9,20H,3-5,10-14H2,1-2H3,(H,25,26,27)/t20-/m1/s1. The largest absolute Gasteiger partial charge is 0.484 e. The Bertz CT molecular complexity index is 981. The van der Waals surface area contributed by atoms with E-state index in [9.17, 15) is 14.0 Å². The summed E-state index contributed by atoms with van der Waals surface area (Å²) >= 11 is 0. The Balaban J connectivity index is 1.48. The third-order valence-electron chi connectivity index (χ3n) is 6.05. The van der Waals surface area contributed by atoms with Crippen LogP contribution in [0.25, 0.3) is 0 Å². The fraction of sp³-hybridized carbons (Fsp3) is 0.478. The summed E-state index contributed by atoms with van der Waals surface area (Å²) in [5.74, 6) is 1.35. The summed E-state index contributed by atoms with van der Waals surface area (Å²) in [4.78, 5) is 37.9. The number of benzene rings is 1. The number of piperidine rings is 1. The number of nitrogens with one attached hydrogen (secondary N) is 1. The first kappa shape index (κ1) is 22.0. The molecular formula is C23H28FN5O3. The number of hydrogen-bond donors (Lipinski definition) is 1. The number of hydrogen-bond acceptors (Lipinski definition) is 6. The number of anilines is 1. The number of carbonyl (C=O) groups excluding carboxylic acids is 2. The summed E-state index contributed by atoms with van der Waals surface area (Å²) in [5, 5.41) is 3.14. The zero-order chi connectivity index (χ0) is 22.7. The molecule has 1 N–H and O–H groups in total. The number of nitrogens with zero attached hydrogens (tertiary/aromatic N) is 4. The first-order chi connectivity index (χ1) is 15.5. The lowest BCUT2D eigenvalue weighted by Gasteiger charge is -2.35. The third kappa shape index (κ3) is 4.66. The molecule has 1 saturated heterocycles. The normalized spacial score (nSPS) is 18.2. The zero-order valence-corrected chi connectivity index (χ0v) is 18.4. The number of carbonyl (C=O) groups is 2. The van der Waals surface area contributed by atoms with E-state index in [1.54, 1.807) is 18.9 Å². The van der Waals surface area contributed by atoms with Gasteiger partial charge in [0.15, 0.2) is 12.4 Å². The Morgan fingerprint density at radius 2 is 1.97 bits per heavy atom. The van der Waals surface area contributed by atoms with Gasteiger partial charge < -0.3 is 19.9 Å². The average molecular weight is 442 g/mol. The second-order valence-corrected chi connectivity index (χ2v) is 8.14. The van der Waals surface area contributed by atoms with Crippen molar-refractivity contribution in [3.8, 4) is 5.75 Å². The highest BCUT2D eigenvalue weighted by atomic mass is 19.1. The van der Waals surface area contributed by atoms with Crippen LogP contribution in [-0.2, 0) is 22.6 Å². The summed E-state index contributed by atoms with van der Waals surface area (Å²) in [5.41, 5.74) is 1.81. The Hall–Kier alpha value is -3.23. The van der Waals surface area contributed by atoms with Crippen molar-refractivity contribution in [1.82, 2.24) is 19.8 Å². The van der Waals surface area contributed by atoms with Gasteiger partial charge in [-0.2, -0.15) is 0 Å². The van der Waals surface area contributed by atoms with Crippen LogP contribution in [0.5, 0.6) is 5.75 Å². The van der Waals surface area contributed by atoms with E-state index in [0.717, 1.165) is 37.1 Å². The molecule has 4 rings (SSSR count). The predicted molar refractivity (Wildman–Crippen MR) is 117 cm³/mol. The molecule has 2 aliphatic heterocycles. The summed E-state index contributed by atoms with van der Waals surface area (Å²) in [6.07, 6.45) is 3.50. The second-order valence-electron chi connectivity index (χ2n) is 8.14. The van der Waals surface area contributed by atoms with Gasteiger partial charge in [-0.1, -0.05) is 0 Å². The monoisotopic (exact) mass is 441 g/mol. The van der Waals surface area contributed by atoms with Gasteiger partial charge in [0, 0.05) is 39.0 Å². The van der Waals surface area contributed by atoms with Crippen molar-refractivity contribution in [3.05, 3.63) is 47.2 Å². The molecular weight excluding hydrogens is 413 g/mol. The molecule has 2 aromatic rings. The zero-order valence-electron chi connectivity index (χ0n) is 18.4. The molecule has 1 fully saturated rings. The molecule has 170 valence electrons. The van der Waals surface area contributed by atoms with Gasteiger partial charge in [0.25, 0.3) is 5.91 Å². The summed E-state index contributed by atoms with van der Waals surface area (Å²) < 4.78 is 18.5. The highest BCUT2D eigenvalue weighted by molar-refractivity contribution is 5.78. The van der Waals surface area contributed by atoms with Crippen molar-refractivity contribution < 1.29 is 18.7 Å². The van der Waals surface area contributed by atoms with E-state index in [4.69, 9.17) is 14.7 Å². The number of ether oxygens (including phenoxy) is 1. The lowest BCUT2D eigenvalue weighted by molar-refractivity contribution is -0.134. The number of amides is 2. The van der Waals surface area contributed by atoms with Crippen LogP contribution in [0.1, 0.15) is 49.3 Å². The molecule has 0 saturated carbocycles. The van der Waals surface area contributed by atoms with Crippen LogP contribution in [0.4, 0.5) is 10.2 Å². The SMILES string of the molecule is CNc1nc([C@H]2CCCCN2C(C)=O)nc2c1CN(C(=O)COc1ccc(F)cc1)CC2. The van der Waals surface area contributed by atoms with Crippen LogP contribution in [-0.4, -0.2) is 58.3 Å². The highest BCUT2D eigenvalue weighted by Crippen LogP contribution is 2.32. The van der Waals surface area contributed by atoms with E-state index < -0.39 is 0 Å². The highest BCUT2D eigenvalue weighted by Gasteiger charge is 2.31. The lowest BCUT2D eigenvalue weighted by atomic mass is 10.00. The van der Waals surface area contributed by atoms with Crippen molar-refractivity contribution in [3.63, 3.8) is 0 Å². The van der Waals surface area contributed by atoms with Gasteiger partial charge in [-0.15, -0.1) is 0 Å². The van der Waals surface area contributed by atoms with Crippen molar-refractivity contribution >= 4 is 17.6 Å². The molecule has 1 aromatic heterocycles. The molecule has 9 heteroatoms. The minimum absolute atomic E-state index is 0.0416. The molecule has 8 nitrogen and oxygen atoms in total. The van der Waals surface area contributed by atoms with E-state index in [1.165, 1.54) is 24.3 Å². The summed E-state index contributed by atoms with van der Waals surface area (Å²) in [6.45, 7) is 3.11. The Morgan fingerprint density at radius 1 is 1.19 bits per heavy atom.